The highest BCUT2D eigenvalue weighted by Gasteiger charge is 2.40. The van der Waals surface area contributed by atoms with Gasteiger partial charge in [0.05, 0.1) is 0 Å². The van der Waals surface area contributed by atoms with Gasteiger partial charge in [-0.25, -0.2) is 15.0 Å². The van der Waals surface area contributed by atoms with Crippen molar-refractivity contribution < 1.29 is 4.42 Å². The van der Waals surface area contributed by atoms with Crippen LogP contribution in [0.5, 0.6) is 0 Å². The predicted molar refractivity (Wildman–Crippen MR) is 229 cm³/mol. The zero-order valence-corrected chi connectivity index (χ0v) is 30.8. The van der Waals surface area contributed by atoms with Crippen molar-refractivity contribution in [2.75, 3.05) is 0 Å². The summed E-state index contributed by atoms with van der Waals surface area (Å²) < 4.78 is 6.78. The van der Waals surface area contributed by atoms with Gasteiger partial charge in [-0.1, -0.05) is 176 Å². The molecule has 0 spiro atoms. The van der Waals surface area contributed by atoms with Gasteiger partial charge in [0.1, 0.15) is 11.2 Å². The maximum absolute atomic E-state index is 6.78. The van der Waals surface area contributed by atoms with Gasteiger partial charge in [-0.15, -0.1) is 0 Å². The van der Waals surface area contributed by atoms with E-state index < -0.39 is 0 Å². The van der Waals surface area contributed by atoms with Gasteiger partial charge in [0, 0.05) is 39.3 Å². The summed E-state index contributed by atoms with van der Waals surface area (Å²) in [4.78, 5) is 15.1. The Balaban J connectivity index is 1.05. The van der Waals surface area contributed by atoms with Crippen molar-refractivity contribution in [3.8, 4) is 56.4 Å². The number of rotatable bonds is 5. The third kappa shape index (κ3) is 4.90. The molecule has 0 saturated carbocycles. The van der Waals surface area contributed by atoms with E-state index >= 15 is 0 Å². The number of fused-ring (bicyclic) bond motifs is 10. The van der Waals surface area contributed by atoms with E-state index in [1.165, 1.54) is 55.6 Å². The van der Waals surface area contributed by atoms with Gasteiger partial charge in [0.2, 0.25) is 0 Å². The first-order chi connectivity index (χ1) is 28.3. The van der Waals surface area contributed by atoms with Crippen molar-refractivity contribution in [3.05, 3.63) is 221 Å². The van der Waals surface area contributed by atoms with E-state index in [0.717, 1.165) is 38.6 Å². The maximum atomic E-state index is 6.78. The van der Waals surface area contributed by atoms with E-state index in [2.05, 4.69) is 115 Å². The molecule has 2 atom stereocenters. The van der Waals surface area contributed by atoms with Crippen LogP contribution in [0.2, 0.25) is 0 Å². The Hall–Kier alpha value is -7.43. The van der Waals surface area contributed by atoms with Crippen LogP contribution in [-0.4, -0.2) is 15.0 Å². The minimum absolute atomic E-state index is 0.0362. The molecule has 0 bridgehead atoms. The molecule has 2 aliphatic rings. The highest BCUT2D eigenvalue weighted by molar-refractivity contribution is 6.12. The molecule has 0 N–H and O–H groups in total. The molecule has 0 radical (unpaired) electrons. The van der Waals surface area contributed by atoms with Crippen LogP contribution in [0.15, 0.2) is 192 Å². The third-order valence-corrected chi connectivity index (χ3v) is 11.9. The van der Waals surface area contributed by atoms with Gasteiger partial charge in [-0.3, -0.25) is 0 Å². The smallest absolute Gasteiger partial charge is 0.164 e. The number of nitrogens with zero attached hydrogens (tertiary/aromatic N) is 3. The Bertz CT molecular complexity index is 3130. The summed E-state index contributed by atoms with van der Waals surface area (Å²) in [6, 6.07) is 66.8. The zero-order chi connectivity index (χ0) is 37.5. The first kappa shape index (κ1) is 31.9. The van der Waals surface area contributed by atoms with E-state index in [4.69, 9.17) is 19.4 Å². The van der Waals surface area contributed by atoms with Crippen LogP contribution < -0.4 is 0 Å². The number of hydrogen-bond acceptors (Lipinski definition) is 4. The Labute approximate surface area is 329 Å². The molecule has 0 fully saturated rings. The first-order valence-electron chi connectivity index (χ1n) is 19.5. The Kier molecular flexibility index (Phi) is 7.02. The first-order valence-corrected chi connectivity index (χ1v) is 19.5. The Morgan fingerprint density at radius 2 is 0.860 bits per heavy atom. The summed E-state index contributed by atoms with van der Waals surface area (Å²) in [5.41, 5.74) is 17.7. The highest BCUT2D eigenvalue weighted by Crippen LogP contribution is 2.58. The Morgan fingerprint density at radius 3 is 1.47 bits per heavy atom. The van der Waals surface area contributed by atoms with Gasteiger partial charge < -0.3 is 4.42 Å². The lowest BCUT2D eigenvalue weighted by atomic mass is 9.80. The SMILES string of the molecule is c1ccc(-c2nc(-c3ccccc3)nc(-c3cccc4oc5cc(C6c7ccccc7-c7ccc8c(c76)C(c6ccccc6)c6ccccc6-8)ccc5c34)n2)cc1. The van der Waals surface area contributed by atoms with E-state index in [1.54, 1.807) is 0 Å². The fourth-order valence-electron chi connectivity index (χ4n) is 9.50. The summed E-state index contributed by atoms with van der Waals surface area (Å²) in [7, 11) is 0. The van der Waals surface area contributed by atoms with Crippen LogP contribution in [0.1, 0.15) is 45.2 Å². The van der Waals surface area contributed by atoms with E-state index in [9.17, 15) is 0 Å². The van der Waals surface area contributed by atoms with Crippen molar-refractivity contribution in [1.29, 1.82) is 0 Å². The lowest BCUT2D eigenvalue weighted by molar-refractivity contribution is 0.668. The molecular weight excluding hydrogens is 695 g/mol. The molecule has 2 aliphatic carbocycles. The Morgan fingerprint density at radius 1 is 0.351 bits per heavy atom. The third-order valence-electron chi connectivity index (χ3n) is 11.9. The maximum Gasteiger partial charge on any atom is 0.164 e. The van der Waals surface area contributed by atoms with Gasteiger partial charge in [-0.05, 0) is 67.8 Å². The standard InChI is InChI=1S/C53H33N3O/c1-4-15-32(16-5-1)46-38-23-12-10-21-36(38)40-29-30-41-37-22-11-13-24-39(37)47(50(41)49(40)46)35-27-28-42-45(31-35)57-44-26-14-25-43(48(42)44)53-55-51(33-17-6-2-7-18-33)54-52(56-53)34-19-8-3-9-20-34/h1-31,46-47H. The quantitative estimate of drug-likeness (QED) is 0.177. The molecule has 2 heterocycles. The van der Waals surface area contributed by atoms with Crippen LogP contribution in [0.3, 0.4) is 0 Å². The van der Waals surface area contributed by atoms with Crippen molar-refractivity contribution in [2.24, 2.45) is 0 Å². The van der Waals surface area contributed by atoms with Gasteiger partial charge >= 0.3 is 0 Å². The molecule has 0 aliphatic heterocycles. The molecule has 0 saturated heterocycles. The molecule has 4 heteroatoms. The summed E-state index contributed by atoms with van der Waals surface area (Å²) in [6.07, 6.45) is 0. The predicted octanol–water partition coefficient (Wildman–Crippen LogP) is 13.1. The van der Waals surface area contributed by atoms with Gasteiger partial charge in [-0.2, -0.15) is 0 Å². The molecular formula is C53H33N3O. The van der Waals surface area contributed by atoms with E-state index in [0.29, 0.717) is 17.5 Å². The summed E-state index contributed by atoms with van der Waals surface area (Å²) in [6.45, 7) is 0. The average Bonchev–Trinajstić information content (AvgIpc) is 3.94. The van der Waals surface area contributed by atoms with Crippen molar-refractivity contribution in [1.82, 2.24) is 15.0 Å². The van der Waals surface area contributed by atoms with Crippen molar-refractivity contribution >= 4 is 21.9 Å². The molecule has 8 aromatic carbocycles. The average molecular weight is 728 g/mol. The number of hydrogen-bond donors (Lipinski definition) is 0. The largest absolute Gasteiger partial charge is 0.456 e. The summed E-state index contributed by atoms with van der Waals surface area (Å²) >= 11 is 0. The molecule has 57 heavy (non-hydrogen) atoms. The second-order valence-electron chi connectivity index (χ2n) is 15.0. The molecule has 2 aromatic heterocycles. The van der Waals surface area contributed by atoms with Crippen LogP contribution in [0, 0.1) is 0 Å². The number of benzene rings is 8. The molecule has 2 unspecified atom stereocenters. The van der Waals surface area contributed by atoms with E-state index in [1.807, 2.05) is 72.8 Å². The monoisotopic (exact) mass is 727 g/mol. The summed E-state index contributed by atoms with van der Waals surface area (Å²) in [5.74, 6) is 2.06. The number of furan rings is 1. The normalized spacial score (nSPS) is 15.0. The zero-order valence-electron chi connectivity index (χ0n) is 30.8. The molecule has 12 rings (SSSR count). The van der Waals surface area contributed by atoms with Gasteiger partial charge in [0.25, 0.3) is 0 Å². The second kappa shape index (κ2) is 12.6. The number of aromatic nitrogens is 3. The van der Waals surface area contributed by atoms with Crippen molar-refractivity contribution in [2.45, 2.75) is 11.8 Å². The van der Waals surface area contributed by atoms with Crippen LogP contribution >= 0.6 is 0 Å². The summed E-state index contributed by atoms with van der Waals surface area (Å²) in [5, 5.41) is 2.03. The fraction of sp³-hybridized carbons (Fsp3) is 0.0377. The molecule has 4 nitrogen and oxygen atoms in total. The molecule has 0 amide bonds. The second-order valence-corrected chi connectivity index (χ2v) is 15.0. The topological polar surface area (TPSA) is 51.8 Å². The minimum atomic E-state index is 0.0362. The van der Waals surface area contributed by atoms with Gasteiger partial charge in [0.15, 0.2) is 17.5 Å². The lowest BCUT2D eigenvalue weighted by Gasteiger charge is -2.22. The van der Waals surface area contributed by atoms with E-state index in [-0.39, 0.29) is 11.8 Å². The van der Waals surface area contributed by atoms with Crippen LogP contribution in [0.25, 0.3) is 78.4 Å². The van der Waals surface area contributed by atoms with Crippen LogP contribution in [-0.2, 0) is 0 Å². The van der Waals surface area contributed by atoms with Crippen LogP contribution in [0.4, 0.5) is 0 Å². The highest BCUT2D eigenvalue weighted by atomic mass is 16.3. The molecule has 10 aromatic rings. The fourth-order valence-corrected chi connectivity index (χ4v) is 9.50. The minimum Gasteiger partial charge on any atom is -0.456 e. The lowest BCUT2D eigenvalue weighted by Crippen LogP contribution is -2.07. The van der Waals surface area contributed by atoms with Crippen molar-refractivity contribution in [3.63, 3.8) is 0 Å². The molecule has 266 valence electrons.